The highest BCUT2D eigenvalue weighted by Gasteiger charge is 2.34. The number of hydrogen-bond donors (Lipinski definition) is 1. The Bertz CT molecular complexity index is 1170. The third-order valence-corrected chi connectivity index (χ3v) is 7.11. The van der Waals surface area contributed by atoms with Crippen molar-refractivity contribution < 1.29 is 27.6 Å². The predicted molar refractivity (Wildman–Crippen MR) is 135 cm³/mol. The second-order valence-corrected chi connectivity index (χ2v) is 10.4. The van der Waals surface area contributed by atoms with E-state index < -0.39 is 26.9 Å². The smallest absolute Gasteiger partial charge is 0.271 e. The number of morpholine rings is 1. The molecular weight excluding hydrogens is 488 g/mol. The maximum atomic E-state index is 13.1. The summed E-state index contributed by atoms with van der Waals surface area (Å²) < 4.78 is 37.1. The van der Waals surface area contributed by atoms with Gasteiger partial charge in [0.05, 0.1) is 31.5 Å². The first-order valence-electron chi connectivity index (χ1n) is 11.6. The first-order valence-corrected chi connectivity index (χ1v) is 13.5. The molecule has 2 aromatic carbocycles. The quantitative estimate of drug-likeness (QED) is 0.353. The first kappa shape index (κ1) is 27.4. The third-order valence-electron chi connectivity index (χ3n) is 5.94. The minimum Gasteiger partial charge on any atom is -0.495 e. The molecule has 1 atom stereocenters. The van der Waals surface area contributed by atoms with Gasteiger partial charge in [-0.1, -0.05) is 31.2 Å². The van der Waals surface area contributed by atoms with Crippen LogP contribution in [0.25, 0.3) is 0 Å². The van der Waals surface area contributed by atoms with Gasteiger partial charge in [0.1, 0.15) is 17.5 Å². The molecule has 36 heavy (non-hydrogen) atoms. The SMILES string of the molecule is CC[C@H](C(=O)NCc1ccc(CN2CCOCC2)cc1)N(c1cc([N+](=O)[O-])ccc1OC)S(C)(=O)=O. The minimum atomic E-state index is -4.00. The summed E-state index contributed by atoms with van der Waals surface area (Å²) in [6.45, 7) is 5.95. The van der Waals surface area contributed by atoms with Crippen LogP contribution in [0.3, 0.4) is 0 Å². The number of nitrogens with zero attached hydrogens (tertiary/aromatic N) is 3. The summed E-state index contributed by atoms with van der Waals surface area (Å²) in [4.78, 5) is 26.1. The van der Waals surface area contributed by atoms with E-state index in [2.05, 4.69) is 10.2 Å². The van der Waals surface area contributed by atoms with Crippen molar-refractivity contribution in [3.8, 4) is 5.75 Å². The first-order chi connectivity index (χ1) is 17.1. The van der Waals surface area contributed by atoms with Crippen LogP contribution in [0, 0.1) is 10.1 Å². The molecule has 0 radical (unpaired) electrons. The van der Waals surface area contributed by atoms with E-state index in [1.165, 1.54) is 19.2 Å². The number of sulfonamides is 1. The summed E-state index contributed by atoms with van der Waals surface area (Å²) in [5.74, 6) is -0.415. The number of nitro benzene ring substituents is 1. The molecule has 2 aromatic rings. The molecule has 1 aliphatic rings. The second kappa shape index (κ2) is 12.2. The van der Waals surface area contributed by atoms with Gasteiger partial charge in [-0.2, -0.15) is 0 Å². The van der Waals surface area contributed by atoms with Gasteiger partial charge < -0.3 is 14.8 Å². The van der Waals surface area contributed by atoms with Gasteiger partial charge in [0.25, 0.3) is 5.69 Å². The highest BCUT2D eigenvalue weighted by Crippen LogP contribution is 2.35. The topological polar surface area (TPSA) is 131 Å². The zero-order chi connectivity index (χ0) is 26.3. The maximum Gasteiger partial charge on any atom is 0.271 e. The Kier molecular flexibility index (Phi) is 9.24. The number of methoxy groups -OCH3 is 1. The number of rotatable bonds is 11. The lowest BCUT2D eigenvalue weighted by molar-refractivity contribution is -0.384. The van der Waals surface area contributed by atoms with Crippen LogP contribution in [0.2, 0.25) is 0 Å². The number of carbonyl (C=O) groups is 1. The predicted octanol–water partition coefficient (Wildman–Crippen LogP) is 2.30. The molecule has 1 heterocycles. The van der Waals surface area contributed by atoms with Crippen molar-refractivity contribution in [1.29, 1.82) is 0 Å². The van der Waals surface area contributed by atoms with Crippen molar-refractivity contribution in [2.24, 2.45) is 0 Å². The fourth-order valence-corrected chi connectivity index (χ4v) is 5.29. The third kappa shape index (κ3) is 6.93. The molecule has 1 saturated heterocycles. The fourth-order valence-electron chi connectivity index (χ4n) is 4.09. The molecule has 11 nitrogen and oxygen atoms in total. The molecule has 0 spiro atoms. The van der Waals surface area contributed by atoms with Crippen molar-refractivity contribution in [2.45, 2.75) is 32.5 Å². The molecule has 3 rings (SSSR count). The van der Waals surface area contributed by atoms with Gasteiger partial charge >= 0.3 is 0 Å². The van der Waals surface area contributed by atoms with Gasteiger partial charge in [-0.15, -0.1) is 0 Å². The van der Waals surface area contributed by atoms with E-state index in [0.717, 1.165) is 60.6 Å². The number of nitrogens with one attached hydrogen (secondary N) is 1. The largest absolute Gasteiger partial charge is 0.495 e. The normalized spacial score (nSPS) is 15.2. The van der Waals surface area contributed by atoms with Gasteiger partial charge in [0.15, 0.2) is 0 Å². The zero-order valence-corrected chi connectivity index (χ0v) is 21.5. The Morgan fingerprint density at radius 2 is 1.83 bits per heavy atom. The zero-order valence-electron chi connectivity index (χ0n) is 20.7. The summed E-state index contributed by atoms with van der Waals surface area (Å²) >= 11 is 0. The van der Waals surface area contributed by atoms with Crippen LogP contribution in [0.5, 0.6) is 5.75 Å². The maximum absolute atomic E-state index is 13.1. The summed E-state index contributed by atoms with van der Waals surface area (Å²) in [6.07, 6.45) is 1.09. The van der Waals surface area contributed by atoms with E-state index in [0.29, 0.717) is 0 Å². The summed E-state index contributed by atoms with van der Waals surface area (Å²) in [7, 11) is -2.67. The molecule has 0 unspecified atom stereocenters. The molecule has 1 amide bonds. The van der Waals surface area contributed by atoms with Gasteiger partial charge in [0, 0.05) is 38.3 Å². The lowest BCUT2D eigenvalue weighted by atomic mass is 10.1. The van der Waals surface area contributed by atoms with Crippen molar-refractivity contribution in [2.75, 3.05) is 44.0 Å². The standard InChI is InChI=1S/C24H32N4O7S/c1-4-21(27(36(3,32)33)22-15-20(28(30)31)9-10-23(22)34-2)24(29)25-16-18-5-7-19(8-6-18)17-26-11-13-35-14-12-26/h5-10,15,21H,4,11-14,16-17H2,1-3H3,(H,25,29)/t21-/m1/s1. The molecule has 0 saturated carbocycles. The van der Waals surface area contributed by atoms with E-state index in [1.54, 1.807) is 6.92 Å². The Morgan fingerprint density at radius 3 is 2.39 bits per heavy atom. The van der Waals surface area contributed by atoms with E-state index in [9.17, 15) is 23.3 Å². The number of ether oxygens (including phenoxy) is 2. The van der Waals surface area contributed by atoms with Crippen LogP contribution >= 0.6 is 0 Å². The average Bonchev–Trinajstić information content (AvgIpc) is 2.86. The number of hydrogen-bond acceptors (Lipinski definition) is 8. The van der Waals surface area contributed by atoms with Gasteiger partial charge in [-0.25, -0.2) is 8.42 Å². The fraction of sp³-hybridized carbons (Fsp3) is 0.458. The van der Waals surface area contributed by atoms with Crippen LogP contribution < -0.4 is 14.4 Å². The summed E-state index contributed by atoms with van der Waals surface area (Å²) in [5, 5.41) is 14.1. The molecule has 0 bridgehead atoms. The monoisotopic (exact) mass is 520 g/mol. The number of nitro groups is 1. The molecule has 12 heteroatoms. The molecule has 1 fully saturated rings. The molecule has 1 aliphatic heterocycles. The lowest BCUT2D eigenvalue weighted by Gasteiger charge is -2.31. The van der Waals surface area contributed by atoms with E-state index in [4.69, 9.17) is 9.47 Å². The highest BCUT2D eigenvalue weighted by molar-refractivity contribution is 7.92. The highest BCUT2D eigenvalue weighted by atomic mass is 32.2. The Balaban J connectivity index is 1.75. The van der Waals surface area contributed by atoms with Gasteiger partial charge in [0.2, 0.25) is 15.9 Å². The molecule has 1 N–H and O–H groups in total. The van der Waals surface area contributed by atoms with Crippen LogP contribution in [0.4, 0.5) is 11.4 Å². The van der Waals surface area contributed by atoms with Crippen LogP contribution in [-0.2, 0) is 32.6 Å². The average molecular weight is 521 g/mol. The Morgan fingerprint density at radius 1 is 1.19 bits per heavy atom. The van der Waals surface area contributed by atoms with Crippen molar-refractivity contribution in [1.82, 2.24) is 10.2 Å². The number of anilines is 1. The van der Waals surface area contributed by atoms with E-state index in [-0.39, 0.29) is 30.1 Å². The molecule has 0 aliphatic carbocycles. The number of non-ortho nitro benzene ring substituents is 1. The minimum absolute atomic E-state index is 0.0661. The number of benzene rings is 2. The van der Waals surface area contributed by atoms with Crippen LogP contribution in [-0.4, -0.2) is 69.9 Å². The van der Waals surface area contributed by atoms with E-state index in [1.807, 2.05) is 24.3 Å². The van der Waals surface area contributed by atoms with Crippen LogP contribution in [0.15, 0.2) is 42.5 Å². The van der Waals surface area contributed by atoms with Gasteiger partial charge in [-0.05, 0) is 23.6 Å². The lowest BCUT2D eigenvalue weighted by Crippen LogP contribution is -2.49. The Hall–Kier alpha value is -3.22. The number of amides is 1. The van der Waals surface area contributed by atoms with Crippen LogP contribution in [0.1, 0.15) is 24.5 Å². The summed E-state index contributed by atoms with van der Waals surface area (Å²) in [6, 6.07) is 10.4. The molecular formula is C24H32N4O7S. The van der Waals surface area contributed by atoms with Crippen molar-refractivity contribution in [3.63, 3.8) is 0 Å². The molecule has 196 valence electrons. The van der Waals surface area contributed by atoms with E-state index >= 15 is 0 Å². The second-order valence-electron chi connectivity index (χ2n) is 8.52. The van der Waals surface area contributed by atoms with Crippen molar-refractivity contribution >= 4 is 27.3 Å². The van der Waals surface area contributed by atoms with Crippen molar-refractivity contribution in [3.05, 3.63) is 63.7 Å². The Labute approximate surface area is 211 Å². The summed E-state index contributed by atoms with van der Waals surface area (Å²) in [5.41, 5.74) is 1.64. The molecule has 0 aromatic heterocycles. The number of carbonyl (C=O) groups excluding carboxylic acids is 1. The van der Waals surface area contributed by atoms with Gasteiger partial charge in [-0.3, -0.25) is 24.1 Å².